The average molecular weight is 202 g/mol. The molecule has 0 spiro atoms. The van der Waals surface area contributed by atoms with Gasteiger partial charge in [0.05, 0.1) is 11.1 Å². The van der Waals surface area contributed by atoms with E-state index in [1.807, 2.05) is 0 Å². The highest BCUT2D eigenvalue weighted by molar-refractivity contribution is 6.21. The first-order valence-corrected chi connectivity index (χ1v) is 4.76. The third-order valence-corrected chi connectivity index (χ3v) is 2.40. The van der Waals surface area contributed by atoms with Crippen LogP contribution in [0.4, 0.5) is 0 Å². The molecule has 3 heteroatoms. The highest BCUT2D eigenvalue weighted by atomic mass is 16.2. The molecule has 2 amide bonds. The largest absolute Gasteiger partial charge is 0.269 e. The third-order valence-electron chi connectivity index (χ3n) is 2.40. The minimum absolute atomic E-state index is 0.254. The smallest absolute Gasteiger partial charge is 0.262 e. The Bertz CT molecular complexity index is 408. The van der Waals surface area contributed by atoms with E-state index in [0.29, 0.717) is 11.1 Å². The molecular weight excluding hydrogens is 190 g/mol. The van der Waals surface area contributed by atoms with Crippen LogP contribution in [0.25, 0.3) is 0 Å². The maximum Gasteiger partial charge on any atom is 0.262 e. The molecule has 3 nitrogen and oxygen atoms in total. The highest BCUT2D eigenvalue weighted by Crippen LogP contribution is 2.28. The van der Waals surface area contributed by atoms with Crippen molar-refractivity contribution in [3.8, 4) is 0 Å². The average Bonchev–Trinajstić information content (AvgIpc) is 2.39. The molecule has 1 aromatic rings. The summed E-state index contributed by atoms with van der Waals surface area (Å²) in [6.45, 7) is 7.31. The minimum Gasteiger partial charge on any atom is -0.269 e. The summed E-state index contributed by atoms with van der Waals surface area (Å²) < 4.78 is 0. The van der Waals surface area contributed by atoms with E-state index >= 15 is 0 Å². The van der Waals surface area contributed by atoms with Gasteiger partial charge in [-0.25, -0.2) is 0 Å². The molecule has 1 aromatic carbocycles. The molecule has 0 unspecified atom stereocenters. The predicted molar refractivity (Wildman–Crippen MR) is 56.4 cm³/mol. The SMILES string of the molecule is [CH2]C(C)(C)N1C(=O)c2ccccc2C1=O. The van der Waals surface area contributed by atoms with Crippen LogP contribution in [0.1, 0.15) is 34.6 Å². The number of nitrogens with zero attached hydrogens (tertiary/aromatic N) is 1. The van der Waals surface area contributed by atoms with E-state index in [1.165, 1.54) is 4.90 Å². The van der Waals surface area contributed by atoms with Crippen LogP contribution < -0.4 is 0 Å². The van der Waals surface area contributed by atoms with Gasteiger partial charge in [0.25, 0.3) is 11.8 Å². The van der Waals surface area contributed by atoms with Crippen LogP contribution in [0, 0.1) is 6.92 Å². The molecule has 15 heavy (non-hydrogen) atoms. The Balaban J connectivity index is 2.55. The first-order valence-electron chi connectivity index (χ1n) is 4.76. The molecule has 0 saturated heterocycles. The van der Waals surface area contributed by atoms with Crippen LogP contribution >= 0.6 is 0 Å². The summed E-state index contributed by atoms with van der Waals surface area (Å²) in [5.41, 5.74) is 0.228. The Kier molecular flexibility index (Phi) is 1.93. The third kappa shape index (κ3) is 1.35. The minimum atomic E-state index is -0.715. The number of carbonyl (C=O) groups is 2. The monoisotopic (exact) mass is 202 g/mol. The second kappa shape index (κ2) is 2.92. The number of imide groups is 1. The van der Waals surface area contributed by atoms with Crippen LogP contribution in [0.3, 0.4) is 0 Å². The van der Waals surface area contributed by atoms with E-state index in [1.54, 1.807) is 38.1 Å². The van der Waals surface area contributed by atoms with E-state index < -0.39 is 5.54 Å². The van der Waals surface area contributed by atoms with Crippen molar-refractivity contribution in [1.82, 2.24) is 4.90 Å². The molecule has 0 aliphatic carbocycles. The van der Waals surface area contributed by atoms with Crippen molar-refractivity contribution < 1.29 is 9.59 Å². The zero-order valence-electron chi connectivity index (χ0n) is 8.78. The summed E-state index contributed by atoms with van der Waals surface area (Å²) in [7, 11) is 0. The Hall–Kier alpha value is -1.64. The number of rotatable bonds is 1. The van der Waals surface area contributed by atoms with Crippen LogP contribution in [0.2, 0.25) is 0 Å². The van der Waals surface area contributed by atoms with Crippen molar-refractivity contribution in [3.63, 3.8) is 0 Å². The summed E-state index contributed by atoms with van der Waals surface area (Å²) in [6, 6.07) is 6.84. The van der Waals surface area contributed by atoms with Gasteiger partial charge < -0.3 is 0 Å². The highest BCUT2D eigenvalue weighted by Gasteiger charge is 2.41. The maximum atomic E-state index is 11.9. The molecule has 1 heterocycles. The molecule has 0 bridgehead atoms. The van der Waals surface area contributed by atoms with Crippen LogP contribution in [0.15, 0.2) is 24.3 Å². The number of benzene rings is 1. The quantitative estimate of drug-likeness (QED) is 0.652. The summed E-state index contributed by atoms with van der Waals surface area (Å²) in [6.07, 6.45) is 0. The van der Waals surface area contributed by atoms with Gasteiger partial charge in [0, 0.05) is 5.54 Å². The van der Waals surface area contributed by atoms with Gasteiger partial charge in [-0.05, 0) is 32.9 Å². The zero-order valence-corrected chi connectivity index (χ0v) is 8.78. The van der Waals surface area contributed by atoms with E-state index in [-0.39, 0.29) is 11.8 Å². The molecule has 0 atom stereocenters. The molecule has 0 fully saturated rings. The number of hydrogen-bond acceptors (Lipinski definition) is 2. The molecule has 1 radical (unpaired) electrons. The molecular formula is C12H12NO2. The fourth-order valence-electron chi connectivity index (χ4n) is 1.74. The van der Waals surface area contributed by atoms with Crippen molar-refractivity contribution in [2.24, 2.45) is 0 Å². The van der Waals surface area contributed by atoms with Gasteiger partial charge in [-0.15, -0.1) is 0 Å². The van der Waals surface area contributed by atoms with E-state index in [2.05, 4.69) is 6.92 Å². The molecule has 0 saturated carbocycles. The van der Waals surface area contributed by atoms with E-state index in [0.717, 1.165) is 0 Å². The van der Waals surface area contributed by atoms with Gasteiger partial charge >= 0.3 is 0 Å². The first kappa shape index (κ1) is 9.90. The Morgan fingerprint density at radius 3 is 1.80 bits per heavy atom. The van der Waals surface area contributed by atoms with Gasteiger partial charge in [0.1, 0.15) is 0 Å². The Morgan fingerprint density at radius 1 is 1.07 bits per heavy atom. The summed E-state index contributed by atoms with van der Waals surface area (Å²) in [4.78, 5) is 25.0. The lowest BCUT2D eigenvalue weighted by Gasteiger charge is -2.29. The van der Waals surface area contributed by atoms with Gasteiger partial charge in [-0.3, -0.25) is 14.5 Å². The van der Waals surface area contributed by atoms with Crippen molar-refractivity contribution in [2.75, 3.05) is 0 Å². The summed E-state index contributed by atoms with van der Waals surface area (Å²) in [5.74, 6) is -0.508. The van der Waals surface area contributed by atoms with Crippen LogP contribution in [0.5, 0.6) is 0 Å². The number of hydrogen-bond donors (Lipinski definition) is 0. The molecule has 77 valence electrons. The van der Waals surface area contributed by atoms with Crippen molar-refractivity contribution in [2.45, 2.75) is 19.4 Å². The molecule has 1 aliphatic rings. The normalized spacial score (nSPS) is 15.8. The lowest BCUT2D eigenvalue weighted by atomic mass is 10.1. The lowest BCUT2D eigenvalue weighted by molar-refractivity contribution is 0.0539. The topological polar surface area (TPSA) is 37.4 Å². The second-order valence-electron chi connectivity index (χ2n) is 4.30. The molecule has 0 aromatic heterocycles. The molecule has 1 aliphatic heterocycles. The molecule has 0 N–H and O–H groups in total. The van der Waals surface area contributed by atoms with Gasteiger partial charge in [0.15, 0.2) is 0 Å². The fraction of sp³-hybridized carbons (Fsp3) is 0.250. The van der Waals surface area contributed by atoms with Crippen LogP contribution in [-0.4, -0.2) is 22.3 Å². The number of amides is 2. The zero-order chi connectivity index (χ0) is 11.2. The fourth-order valence-corrected chi connectivity index (χ4v) is 1.74. The van der Waals surface area contributed by atoms with Crippen molar-refractivity contribution in [1.29, 1.82) is 0 Å². The van der Waals surface area contributed by atoms with Crippen molar-refractivity contribution >= 4 is 11.8 Å². The van der Waals surface area contributed by atoms with Gasteiger partial charge in [-0.1, -0.05) is 12.1 Å². The lowest BCUT2D eigenvalue weighted by Crippen LogP contribution is -2.45. The first-order chi connectivity index (χ1) is 6.93. The maximum absolute atomic E-state index is 11.9. The molecule has 2 rings (SSSR count). The Labute approximate surface area is 88.7 Å². The van der Waals surface area contributed by atoms with Gasteiger partial charge in [0.2, 0.25) is 0 Å². The number of carbonyl (C=O) groups excluding carboxylic acids is 2. The standard InChI is InChI=1S/C12H12NO2/c1-12(2,3)13-10(14)8-6-4-5-7-9(8)11(13)15/h4-7H,1H2,2-3H3. The van der Waals surface area contributed by atoms with Crippen LogP contribution in [-0.2, 0) is 0 Å². The van der Waals surface area contributed by atoms with E-state index in [4.69, 9.17) is 0 Å². The van der Waals surface area contributed by atoms with Gasteiger partial charge in [-0.2, -0.15) is 0 Å². The summed E-state index contributed by atoms with van der Waals surface area (Å²) >= 11 is 0. The second-order valence-corrected chi connectivity index (χ2v) is 4.30. The number of fused-ring (bicyclic) bond motifs is 1. The summed E-state index contributed by atoms with van der Waals surface area (Å²) in [5, 5.41) is 0. The van der Waals surface area contributed by atoms with E-state index in [9.17, 15) is 9.59 Å². The predicted octanol–water partition coefficient (Wildman–Crippen LogP) is 1.90. The Morgan fingerprint density at radius 2 is 1.47 bits per heavy atom. The van der Waals surface area contributed by atoms with Crippen molar-refractivity contribution in [3.05, 3.63) is 42.3 Å².